The Morgan fingerprint density at radius 2 is 1.25 bits per heavy atom. The first kappa shape index (κ1) is 15.8. The number of hydrogen-bond acceptors (Lipinski definition) is 1. The van der Waals surface area contributed by atoms with Gasteiger partial charge in [-0.05, 0) is 0 Å². The minimum absolute atomic E-state index is 0. The van der Waals surface area contributed by atoms with Crippen molar-refractivity contribution in [1.29, 1.82) is 0 Å². The molecule has 0 unspecified atom stereocenters. The Hall–Kier alpha value is 1.37. The first-order valence-corrected chi connectivity index (χ1v) is 3.61. The summed E-state index contributed by atoms with van der Waals surface area (Å²) < 4.78 is 65.9. The SMILES string of the molecule is O=P(O)(O)C(F)(F)C(F)(F)F.[BaH2]. The summed E-state index contributed by atoms with van der Waals surface area (Å²) in [5.41, 5.74) is -5.96. The van der Waals surface area contributed by atoms with Crippen LogP contribution in [0.2, 0.25) is 0 Å². The van der Waals surface area contributed by atoms with Crippen molar-refractivity contribution in [2.75, 3.05) is 0 Å². The van der Waals surface area contributed by atoms with Gasteiger partial charge in [-0.1, -0.05) is 0 Å². The topological polar surface area (TPSA) is 57.5 Å². The second-order valence-corrected chi connectivity index (χ2v) is 3.23. The van der Waals surface area contributed by atoms with Gasteiger partial charge in [0.15, 0.2) is 0 Å². The summed E-state index contributed by atoms with van der Waals surface area (Å²) in [6.07, 6.45) is -6.22. The molecule has 3 nitrogen and oxygen atoms in total. The Labute approximate surface area is 104 Å². The summed E-state index contributed by atoms with van der Waals surface area (Å²) >= 11 is 0. The van der Waals surface area contributed by atoms with Crippen LogP contribution < -0.4 is 0 Å². The molecule has 0 spiro atoms. The van der Waals surface area contributed by atoms with Crippen LogP contribution in [0.25, 0.3) is 0 Å². The van der Waals surface area contributed by atoms with E-state index in [-0.39, 0.29) is 48.9 Å². The van der Waals surface area contributed by atoms with E-state index in [1.54, 1.807) is 0 Å². The third-order valence-corrected chi connectivity index (χ3v) is 1.69. The van der Waals surface area contributed by atoms with Crippen LogP contribution in [0.15, 0.2) is 0 Å². The van der Waals surface area contributed by atoms with Gasteiger partial charge in [0.25, 0.3) is 0 Å². The van der Waals surface area contributed by atoms with Crippen LogP contribution in [0.4, 0.5) is 22.0 Å². The number of rotatable bonds is 1. The Bertz CT molecular complexity index is 195. The molecule has 0 aromatic rings. The third-order valence-electron chi connectivity index (χ3n) is 0.707. The Morgan fingerprint density at radius 3 is 1.25 bits per heavy atom. The normalized spacial score (nSPS) is 13.9. The molecule has 0 saturated heterocycles. The fourth-order valence-electron chi connectivity index (χ4n) is 0.165. The molecule has 72 valence electrons. The predicted molar refractivity (Wildman–Crippen MR) is 31.6 cm³/mol. The Morgan fingerprint density at radius 1 is 1.00 bits per heavy atom. The van der Waals surface area contributed by atoms with Crippen LogP contribution in [0.5, 0.6) is 0 Å². The number of halogens is 5. The second kappa shape index (κ2) is 4.26. The molecular formula is C2H4BaF5O3P. The van der Waals surface area contributed by atoms with Crippen molar-refractivity contribution in [1.82, 2.24) is 0 Å². The molecule has 0 aromatic heterocycles. The maximum atomic E-state index is 11.5. The van der Waals surface area contributed by atoms with E-state index >= 15 is 0 Å². The molecule has 0 aliphatic carbocycles. The van der Waals surface area contributed by atoms with Crippen molar-refractivity contribution < 1.29 is 36.3 Å². The van der Waals surface area contributed by atoms with Crippen LogP contribution in [-0.2, 0) is 4.57 Å². The van der Waals surface area contributed by atoms with E-state index in [9.17, 15) is 26.5 Å². The van der Waals surface area contributed by atoms with Crippen molar-refractivity contribution in [3.63, 3.8) is 0 Å². The van der Waals surface area contributed by atoms with E-state index in [2.05, 4.69) is 0 Å². The molecule has 0 aromatic carbocycles. The maximum absolute atomic E-state index is 11.5. The monoisotopic (exact) mass is 340 g/mol. The third kappa shape index (κ3) is 3.26. The van der Waals surface area contributed by atoms with Crippen molar-refractivity contribution in [2.45, 2.75) is 11.8 Å². The zero-order valence-electron chi connectivity index (χ0n) is 4.64. The van der Waals surface area contributed by atoms with Crippen LogP contribution in [0.1, 0.15) is 0 Å². The molecule has 0 fully saturated rings. The molecule has 0 bridgehead atoms. The van der Waals surface area contributed by atoms with Gasteiger partial charge in [0.05, 0.1) is 0 Å². The molecule has 12 heavy (non-hydrogen) atoms. The fourth-order valence-corrected chi connectivity index (χ4v) is 0.495. The summed E-state index contributed by atoms with van der Waals surface area (Å²) in [6.45, 7) is 0. The van der Waals surface area contributed by atoms with Crippen LogP contribution in [0, 0.1) is 0 Å². The van der Waals surface area contributed by atoms with Crippen LogP contribution in [0.3, 0.4) is 0 Å². The molecule has 0 rings (SSSR count). The van der Waals surface area contributed by atoms with Gasteiger partial charge in [0, 0.05) is 0 Å². The molecule has 0 radical (unpaired) electrons. The molecule has 0 aliphatic rings. The zero-order chi connectivity index (χ0) is 9.50. The Balaban J connectivity index is 0. The van der Waals surface area contributed by atoms with Gasteiger partial charge >= 0.3 is 68.3 Å². The summed E-state index contributed by atoms with van der Waals surface area (Å²) in [6, 6.07) is 0. The van der Waals surface area contributed by atoms with Gasteiger partial charge in [-0.25, -0.2) is 0 Å². The number of alkyl halides is 5. The van der Waals surface area contributed by atoms with Crippen LogP contribution in [-0.4, -0.2) is 70.5 Å². The van der Waals surface area contributed by atoms with Gasteiger partial charge < -0.3 is 9.79 Å². The second-order valence-electron chi connectivity index (χ2n) is 1.58. The van der Waals surface area contributed by atoms with E-state index < -0.39 is 19.4 Å². The van der Waals surface area contributed by atoms with Gasteiger partial charge in [0.2, 0.25) is 0 Å². The predicted octanol–water partition coefficient (Wildman–Crippen LogP) is 0.403. The summed E-state index contributed by atoms with van der Waals surface area (Å²) in [7, 11) is -6.45. The fraction of sp³-hybridized carbons (Fsp3) is 1.00. The van der Waals surface area contributed by atoms with Crippen molar-refractivity contribution >= 4 is 56.5 Å². The van der Waals surface area contributed by atoms with Gasteiger partial charge in [-0.2, -0.15) is 22.0 Å². The number of hydrogen-bond donors (Lipinski definition) is 2. The van der Waals surface area contributed by atoms with Gasteiger partial charge in [0.1, 0.15) is 0 Å². The molecule has 0 amide bonds. The van der Waals surface area contributed by atoms with Gasteiger partial charge in [-0.15, -0.1) is 0 Å². The Kier molecular flexibility index (Phi) is 5.62. The average molecular weight is 339 g/mol. The first-order chi connectivity index (χ1) is 4.50. The molecule has 0 saturated carbocycles. The first-order valence-electron chi connectivity index (χ1n) is 2.00. The van der Waals surface area contributed by atoms with Crippen molar-refractivity contribution in [3.05, 3.63) is 0 Å². The summed E-state index contributed by atoms with van der Waals surface area (Å²) in [5, 5.41) is 0. The molecule has 0 aliphatic heterocycles. The molecular weight excluding hydrogens is 335 g/mol. The quantitative estimate of drug-likeness (QED) is 0.413. The minimum atomic E-state index is -6.45. The van der Waals surface area contributed by atoms with E-state index in [0.717, 1.165) is 0 Å². The molecule has 2 N–H and O–H groups in total. The average Bonchev–Trinajstić information content (AvgIpc) is 1.58. The molecule has 0 heterocycles. The van der Waals surface area contributed by atoms with Crippen molar-refractivity contribution in [3.8, 4) is 0 Å². The van der Waals surface area contributed by atoms with E-state index in [1.165, 1.54) is 0 Å². The standard InChI is InChI=1S/C2H2F5O3P.Ba.2H/c3-1(4,5)2(6,7)11(8,9)10;;;/h(H2,8,9,10);;;. The zero-order valence-corrected chi connectivity index (χ0v) is 5.53. The van der Waals surface area contributed by atoms with Gasteiger partial charge in [-0.3, -0.25) is 4.57 Å². The summed E-state index contributed by atoms with van der Waals surface area (Å²) in [5.74, 6) is 0. The molecule has 10 heteroatoms. The van der Waals surface area contributed by atoms with Crippen molar-refractivity contribution in [2.24, 2.45) is 0 Å². The summed E-state index contributed by atoms with van der Waals surface area (Å²) in [4.78, 5) is 15.0. The van der Waals surface area contributed by atoms with E-state index in [0.29, 0.717) is 0 Å². The van der Waals surface area contributed by atoms with Crippen LogP contribution >= 0.6 is 7.60 Å². The van der Waals surface area contributed by atoms with E-state index in [4.69, 9.17) is 9.79 Å². The van der Waals surface area contributed by atoms with E-state index in [1.807, 2.05) is 0 Å². The molecule has 0 atom stereocenters.